The van der Waals surface area contributed by atoms with E-state index in [-0.39, 0.29) is 11.8 Å². The molecule has 0 spiro atoms. The molecular formula is C19H18ClN3. The van der Waals surface area contributed by atoms with Crippen LogP contribution < -0.4 is 0 Å². The van der Waals surface area contributed by atoms with Gasteiger partial charge in [-0.3, -0.25) is 4.90 Å². The van der Waals surface area contributed by atoms with E-state index in [1.807, 2.05) is 24.4 Å². The van der Waals surface area contributed by atoms with Crippen molar-refractivity contribution in [1.82, 2.24) is 9.88 Å². The van der Waals surface area contributed by atoms with Gasteiger partial charge in [0.2, 0.25) is 0 Å². The molecule has 116 valence electrons. The second-order valence-electron chi connectivity index (χ2n) is 6.46. The lowest BCUT2D eigenvalue weighted by molar-refractivity contribution is 0.234. The van der Waals surface area contributed by atoms with Gasteiger partial charge in [0.1, 0.15) is 5.15 Å². The quantitative estimate of drug-likeness (QED) is 0.801. The summed E-state index contributed by atoms with van der Waals surface area (Å²) < 4.78 is 0. The summed E-state index contributed by atoms with van der Waals surface area (Å²) in [5.41, 5.74) is 2.46. The maximum absolute atomic E-state index is 9.74. The Morgan fingerprint density at radius 1 is 1.13 bits per heavy atom. The van der Waals surface area contributed by atoms with Crippen LogP contribution in [0.2, 0.25) is 5.15 Å². The highest BCUT2D eigenvalue weighted by molar-refractivity contribution is 6.29. The Bertz CT molecular complexity index is 723. The summed E-state index contributed by atoms with van der Waals surface area (Å²) in [4.78, 5) is 6.75. The Balaban J connectivity index is 1.64. The number of fused-ring (bicyclic) bond motifs is 2. The number of halogens is 1. The summed E-state index contributed by atoms with van der Waals surface area (Å²) in [5.74, 6) is 0.285. The van der Waals surface area contributed by atoms with Crippen LogP contribution in [-0.2, 0) is 6.54 Å². The van der Waals surface area contributed by atoms with Crippen molar-refractivity contribution in [1.29, 1.82) is 5.26 Å². The fourth-order valence-corrected chi connectivity index (χ4v) is 4.49. The number of nitrogens with zero attached hydrogens (tertiary/aromatic N) is 3. The normalized spacial score (nSPS) is 29.6. The van der Waals surface area contributed by atoms with Gasteiger partial charge in [-0.25, -0.2) is 4.98 Å². The summed E-state index contributed by atoms with van der Waals surface area (Å²) in [6.45, 7) is 0.922. The van der Waals surface area contributed by atoms with E-state index in [1.54, 1.807) is 0 Å². The maximum atomic E-state index is 9.74. The first-order valence-electron chi connectivity index (χ1n) is 8.08. The van der Waals surface area contributed by atoms with Crippen molar-refractivity contribution in [3.8, 4) is 6.07 Å². The lowest BCUT2D eigenvalue weighted by Crippen LogP contribution is -2.29. The molecule has 2 aromatic rings. The van der Waals surface area contributed by atoms with Gasteiger partial charge >= 0.3 is 0 Å². The molecule has 3 heterocycles. The summed E-state index contributed by atoms with van der Waals surface area (Å²) >= 11 is 5.92. The minimum Gasteiger partial charge on any atom is -0.291 e. The highest BCUT2D eigenvalue weighted by atomic mass is 35.5. The van der Waals surface area contributed by atoms with E-state index >= 15 is 0 Å². The van der Waals surface area contributed by atoms with E-state index in [4.69, 9.17) is 11.6 Å². The monoisotopic (exact) mass is 323 g/mol. The minimum atomic E-state index is 0.0421. The van der Waals surface area contributed by atoms with Crippen molar-refractivity contribution in [3.05, 3.63) is 64.9 Å². The average Bonchev–Trinajstić information content (AvgIpc) is 3.11. The summed E-state index contributed by atoms with van der Waals surface area (Å²) in [6.07, 6.45) is 4.12. The molecule has 0 N–H and O–H groups in total. The molecule has 2 aliphatic rings. The lowest BCUT2D eigenvalue weighted by Gasteiger charge is -2.25. The molecule has 0 unspecified atom stereocenters. The fraction of sp³-hybridized carbons (Fsp3) is 0.368. The SMILES string of the molecule is N#C[C@@H]1[C@@H](c2ccc(Cl)nc2)[C@H]2CC[C@@H]1N2Cc1ccccc1. The third-order valence-corrected chi connectivity index (χ3v) is 5.54. The first kappa shape index (κ1) is 14.7. The second-order valence-corrected chi connectivity index (χ2v) is 6.85. The Morgan fingerprint density at radius 3 is 2.61 bits per heavy atom. The minimum absolute atomic E-state index is 0.0421. The van der Waals surface area contributed by atoms with Gasteiger partial charge in [0, 0.05) is 30.7 Å². The van der Waals surface area contributed by atoms with Crippen LogP contribution in [0.25, 0.3) is 0 Å². The van der Waals surface area contributed by atoms with Crippen molar-refractivity contribution < 1.29 is 0 Å². The standard InChI is InChI=1S/C19H18ClN3/c20-18-9-6-14(11-22-18)19-15(10-21)16-7-8-17(19)23(16)12-13-4-2-1-3-5-13/h1-6,9,11,15-17,19H,7-8,12H2/t15-,16-,17+,19+/m0/s1. The van der Waals surface area contributed by atoms with Crippen LogP contribution >= 0.6 is 11.6 Å². The van der Waals surface area contributed by atoms with Gasteiger partial charge in [-0.2, -0.15) is 5.26 Å². The molecule has 0 amide bonds. The van der Waals surface area contributed by atoms with Crippen LogP contribution in [0.3, 0.4) is 0 Å². The predicted octanol–water partition coefficient (Wildman–Crippen LogP) is 4.01. The molecule has 4 heteroatoms. The fourth-order valence-electron chi connectivity index (χ4n) is 4.38. The van der Waals surface area contributed by atoms with E-state index in [2.05, 4.69) is 40.2 Å². The van der Waals surface area contributed by atoms with Crippen molar-refractivity contribution in [2.45, 2.75) is 37.4 Å². The van der Waals surface area contributed by atoms with Gasteiger partial charge in [-0.15, -0.1) is 0 Å². The number of nitriles is 1. The molecule has 1 aromatic heterocycles. The zero-order chi connectivity index (χ0) is 15.8. The molecule has 2 bridgehead atoms. The Morgan fingerprint density at radius 2 is 1.91 bits per heavy atom. The van der Waals surface area contributed by atoms with Crippen molar-refractivity contribution in [2.24, 2.45) is 5.92 Å². The smallest absolute Gasteiger partial charge is 0.129 e. The third kappa shape index (κ3) is 2.52. The number of benzene rings is 1. The van der Waals surface area contributed by atoms with Crippen molar-refractivity contribution in [2.75, 3.05) is 0 Å². The van der Waals surface area contributed by atoms with Crippen LogP contribution in [-0.4, -0.2) is 22.0 Å². The number of pyridine rings is 1. The van der Waals surface area contributed by atoms with E-state index < -0.39 is 0 Å². The van der Waals surface area contributed by atoms with Crippen LogP contribution in [0.1, 0.15) is 29.9 Å². The first-order valence-corrected chi connectivity index (χ1v) is 8.46. The van der Waals surface area contributed by atoms with Crippen LogP contribution in [0, 0.1) is 17.2 Å². The van der Waals surface area contributed by atoms with Gasteiger partial charge in [-0.1, -0.05) is 48.0 Å². The summed E-state index contributed by atoms with van der Waals surface area (Å²) in [6, 6.07) is 17.7. The Hall–Kier alpha value is -1.89. The van der Waals surface area contributed by atoms with Gasteiger partial charge in [0.25, 0.3) is 0 Å². The second kappa shape index (κ2) is 5.96. The number of hydrogen-bond acceptors (Lipinski definition) is 3. The molecule has 0 radical (unpaired) electrons. The molecule has 23 heavy (non-hydrogen) atoms. The lowest BCUT2D eigenvalue weighted by atomic mass is 9.77. The molecular weight excluding hydrogens is 306 g/mol. The Labute approximate surface area is 141 Å². The molecule has 4 atom stereocenters. The van der Waals surface area contributed by atoms with E-state index in [9.17, 15) is 5.26 Å². The van der Waals surface area contributed by atoms with Gasteiger partial charge in [0.05, 0.1) is 12.0 Å². The average molecular weight is 324 g/mol. The van der Waals surface area contributed by atoms with Crippen LogP contribution in [0.5, 0.6) is 0 Å². The molecule has 2 saturated heterocycles. The summed E-state index contributed by atoms with van der Waals surface area (Å²) in [7, 11) is 0. The number of aromatic nitrogens is 1. The van der Waals surface area contributed by atoms with Crippen LogP contribution in [0.15, 0.2) is 48.7 Å². The molecule has 2 aliphatic heterocycles. The number of hydrogen-bond donors (Lipinski definition) is 0. The predicted molar refractivity (Wildman–Crippen MR) is 89.9 cm³/mol. The van der Waals surface area contributed by atoms with E-state index in [1.165, 1.54) is 5.56 Å². The maximum Gasteiger partial charge on any atom is 0.129 e. The first-order chi connectivity index (χ1) is 11.3. The third-order valence-electron chi connectivity index (χ3n) is 5.32. The highest BCUT2D eigenvalue weighted by Crippen LogP contribution is 2.50. The molecule has 0 aliphatic carbocycles. The van der Waals surface area contributed by atoms with E-state index in [0.29, 0.717) is 17.2 Å². The topological polar surface area (TPSA) is 39.9 Å². The van der Waals surface area contributed by atoms with Crippen molar-refractivity contribution in [3.63, 3.8) is 0 Å². The van der Waals surface area contributed by atoms with Crippen molar-refractivity contribution >= 4 is 11.6 Å². The van der Waals surface area contributed by atoms with Gasteiger partial charge < -0.3 is 0 Å². The zero-order valence-electron chi connectivity index (χ0n) is 12.8. The largest absolute Gasteiger partial charge is 0.291 e. The van der Waals surface area contributed by atoms with Gasteiger partial charge in [0.15, 0.2) is 0 Å². The molecule has 1 aromatic carbocycles. The van der Waals surface area contributed by atoms with Gasteiger partial charge in [-0.05, 0) is 30.0 Å². The molecule has 4 rings (SSSR count). The summed E-state index contributed by atoms with van der Waals surface area (Å²) in [5, 5.41) is 10.2. The zero-order valence-corrected chi connectivity index (χ0v) is 13.5. The number of rotatable bonds is 3. The highest BCUT2D eigenvalue weighted by Gasteiger charge is 2.53. The van der Waals surface area contributed by atoms with Crippen LogP contribution in [0.4, 0.5) is 0 Å². The molecule has 2 fully saturated rings. The molecule has 3 nitrogen and oxygen atoms in total. The Kier molecular flexibility index (Phi) is 3.80. The van der Waals surface area contributed by atoms with E-state index in [0.717, 1.165) is 24.9 Å². The molecule has 0 saturated carbocycles.